The lowest BCUT2D eigenvalue weighted by atomic mass is 10.2. The maximum absolute atomic E-state index is 12.6. The number of carbonyl (C=O) groups excluding carboxylic acids is 1. The fourth-order valence-corrected chi connectivity index (χ4v) is 3.76. The zero-order chi connectivity index (χ0) is 19.8. The molecule has 0 atom stereocenters. The van der Waals surface area contributed by atoms with Gasteiger partial charge >= 0.3 is 5.97 Å². The maximum Gasteiger partial charge on any atom is 0.304 e. The van der Waals surface area contributed by atoms with Crippen molar-refractivity contribution in [3.05, 3.63) is 47.3 Å². The number of carboxylic acids is 1. The summed E-state index contributed by atoms with van der Waals surface area (Å²) in [6, 6.07) is 9.73. The number of thioether (sulfide) groups is 1. The summed E-state index contributed by atoms with van der Waals surface area (Å²) in [5.74, 6) is 0.267. The van der Waals surface area contributed by atoms with Crippen LogP contribution in [0.1, 0.15) is 60.9 Å². The average molecular weight is 390 g/mol. The summed E-state index contributed by atoms with van der Waals surface area (Å²) < 4.78 is 1.93. The summed E-state index contributed by atoms with van der Waals surface area (Å²) in [4.78, 5) is 23.1. The third kappa shape index (κ3) is 6.13. The van der Waals surface area contributed by atoms with Crippen LogP contribution in [0.15, 0.2) is 30.3 Å². The second-order valence-corrected chi connectivity index (χ2v) is 7.54. The highest BCUT2D eigenvalue weighted by atomic mass is 32.2. The molecule has 6 nitrogen and oxygen atoms in total. The van der Waals surface area contributed by atoms with Gasteiger partial charge in [-0.3, -0.25) is 14.3 Å². The van der Waals surface area contributed by atoms with Gasteiger partial charge in [-0.25, -0.2) is 0 Å². The predicted molar refractivity (Wildman–Crippen MR) is 109 cm³/mol. The molecule has 146 valence electrons. The van der Waals surface area contributed by atoms with Crippen LogP contribution in [-0.4, -0.2) is 32.5 Å². The molecule has 2 N–H and O–H groups in total. The normalized spacial score (nSPS) is 11.0. The van der Waals surface area contributed by atoms with Gasteiger partial charge in [0, 0.05) is 22.9 Å². The van der Waals surface area contributed by atoms with Crippen LogP contribution >= 0.6 is 11.8 Å². The summed E-state index contributed by atoms with van der Waals surface area (Å²) in [5.41, 5.74) is 3.16. The molecule has 1 heterocycles. The molecule has 0 spiro atoms. The van der Waals surface area contributed by atoms with Gasteiger partial charge in [-0.2, -0.15) is 16.9 Å². The molecule has 0 aliphatic carbocycles. The van der Waals surface area contributed by atoms with Gasteiger partial charge in [0.2, 0.25) is 0 Å². The Bertz CT molecular complexity index is 785. The van der Waals surface area contributed by atoms with Gasteiger partial charge in [-0.1, -0.05) is 26.0 Å². The first-order chi connectivity index (χ1) is 12.9. The topological polar surface area (TPSA) is 84.2 Å². The Kier molecular flexibility index (Phi) is 7.91. The standard InChI is InChI=1S/C20H27N3O3S/c1-4-17(5-2)23-14(3)11-18(22-23)20(26)21-16-8-6-7-15(12-16)13-27-10-9-19(24)25/h6-8,11-12,17H,4-5,9-10,13H2,1-3H3,(H,21,26)(H,24,25). The van der Waals surface area contributed by atoms with Crippen LogP contribution in [0.25, 0.3) is 0 Å². The van der Waals surface area contributed by atoms with E-state index in [1.54, 1.807) is 11.8 Å². The lowest BCUT2D eigenvalue weighted by molar-refractivity contribution is -0.136. The van der Waals surface area contributed by atoms with Crippen LogP contribution in [0, 0.1) is 6.92 Å². The Labute approximate surface area is 164 Å². The van der Waals surface area contributed by atoms with E-state index in [9.17, 15) is 9.59 Å². The summed E-state index contributed by atoms with van der Waals surface area (Å²) >= 11 is 1.56. The molecule has 0 saturated heterocycles. The molecule has 0 bridgehead atoms. The van der Waals surface area contributed by atoms with Crippen LogP contribution in [0.2, 0.25) is 0 Å². The second kappa shape index (κ2) is 10.2. The quantitative estimate of drug-likeness (QED) is 0.584. The molecular formula is C20H27N3O3S. The van der Waals surface area contributed by atoms with Gasteiger partial charge in [-0.05, 0) is 43.5 Å². The van der Waals surface area contributed by atoms with Crippen molar-refractivity contribution in [3.63, 3.8) is 0 Å². The number of aromatic nitrogens is 2. The van der Waals surface area contributed by atoms with E-state index < -0.39 is 5.97 Å². The van der Waals surface area contributed by atoms with Gasteiger partial charge in [0.1, 0.15) is 0 Å². The van der Waals surface area contributed by atoms with Crippen molar-refractivity contribution in [2.45, 2.75) is 51.8 Å². The molecule has 0 aliphatic rings. The van der Waals surface area contributed by atoms with Crippen LogP contribution in [0.4, 0.5) is 5.69 Å². The number of amides is 1. The van der Waals surface area contributed by atoms with Crippen molar-refractivity contribution in [1.82, 2.24) is 9.78 Å². The lowest BCUT2D eigenvalue weighted by Crippen LogP contribution is -2.15. The zero-order valence-corrected chi connectivity index (χ0v) is 16.9. The Morgan fingerprint density at radius 2 is 2.00 bits per heavy atom. The number of carbonyl (C=O) groups is 2. The molecule has 0 fully saturated rings. The van der Waals surface area contributed by atoms with Crippen molar-refractivity contribution < 1.29 is 14.7 Å². The minimum Gasteiger partial charge on any atom is -0.481 e. The molecule has 0 aliphatic heterocycles. The first kappa shape index (κ1) is 21.0. The SMILES string of the molecule is CCC(CC)n1nc(C(=O)Nc2cccc(CSCCC(=O)O)c2)cc1C. The molecule has 0 saturated carbocycles. The van der Waals surface area contributed by atoms with E-state index >= 15 is 0 Å². The highest BCUT2D eigenvalue weighted by Crippen LogP contribution is 2.20. The highest BCUT2D eigenvalue weighted by molar-refractivity contribution is 7.98. The molecule has 0 unspecified atom stereocenters. The Hall–Kier alpha value is -2.28. The summed E-state index contributed by atoms with van der Waals surface area (Å²) in [7, 11) is 0. The second-order valence-electron chi connectivity index (χ2n) is 6.44. The number of benzene rings is 1. The predicted octanol–water partition coefficient (Wildman–Crippen LogP) is 4.51. The molecule has 1 aromatic heterocycles. The van der Waals surface area contributed by atoms with E-state index in [-0.39, 0.29) is 12.3 Å². The van der Waals surface area contributed by atoms with E-state index in [0.29, 0.717) is 28.9 Å². The molecule has 2 rings (SSSR count). The molecule has 2 aromatic rings. The average Bonchev–Trinajstić information content (AvgIpc) is 3.02. The van der Waals surface area contributed by atoms with Crippen LogP contribution in [0.3, 0.4) is 0 Å². The Balaban J connectivity index is 2.00. The van der Waals surface area contributed by atoms with Gasteiger partial charge in [0.25, 0.3) is 5.91 Å². The van der Waals surface area contributed by atoms with E-state index in [0.717, 1.165) is 24.1 Å². The molecule has 1 amide bonds. The first-order valence-corrected chi connectivity index (χ1v) is 10.4. The van der Waals surface area contributed by atoms with Crippen molar-refractivity contribution >= 4 is 29.3 Å². The Morgan fingerprint density at radius 1 is 1.26 bits per heavy atom. The van der Waals surface area contributed by atoms with Crippen LogP contribution < -0.4 is 5.32 Å². The van der Waals surface area contributed by atoms with Crippen molar-refractivity contribution in [3.8, 4) is 0 Å². The molecule has 1 aromatic carbocycles. The minimum absolute atomic E-state index is 0.152. The number of nitrogens with zero attached hydrogens (tertiary/aromatic N) is 2. The third-order valence-electron chi connectivity index (χ3n) is 4.36. The fraction of sp³-hybridized carbons (Fsp3) is 0.450. The number of nitrogens with one attached hydrogen (secondary N) is 1. The number of rotatable bonds is 10. The summed E-state index contributed by atoms with van der Waals surface area (Å²) in [6.45, 7) is 6.21. The first-order valence-electron chi connectivity index (χ1n) is 9.20. The van der Waals surface area contributed by atoms with Gasteiger partial charge < -0.3 is 10.4 Å². The van der Waals surface area contributed by atoms with E-state index in [1.807, 2.05) is 41.9 Å². The van der Waals surface area contributed by atoms with Gasteiger partial charge in [0.05, 0.1) is 12.5 Å². The van der Waals surface area contributed by atoms with Gasteiger partial charge in [0.15, 0.2) is 5.69 Å². The van der Waals surface area contributed by atoms with Gasteiger partial charge in [-0.15, -0.1) is 0 Å². The van der Waals surface area contributed by atoms with E-state index in [4.69, 9.17) is 5.11 Å². The van der Waals surface area contributed by atoms with Crippen molar-refractivity contribution in [2.24, 2.45) is 0 Å². The van der Waals surface area contributed by atoms with E-state index in [2.05, 4.69) is 24.3 Å². The number of hydrogen-bond donors (Lipinski definition) is 2. The van der Waals surface area contributed by atoms with Crippen molar-refractivity contribution in [1.29, 1.82) is 0 Å². The maximum atomic E-state index is 12.6. The monoisotopic (exact) mass is 389 g/mol. The molecule has 27 heavy (non-hydrogen) atoms. The van der Waals surface area contributed by atoms with Crippen LogP contribution in [-0.2, 0) is 10.5 Å². The van der Waals surface area contributed by atoms with Crippen LogP contribution in [0.5, 0.6) is 0 Å². The zero-order valence-electron chi connectivity index (χ0n) is 16.1. The molecule has 0 radical (unpaired) electrons. The Morgan fingerprint density at radius 3 is 2.67 bits per heavy atom. The minimum atomic E-state index is -0.786. The number of aliphatic carboxylic acids is 1. The molecular weight excluding hydrogens is 362 g/mol. The largest absolute Gasteiger partial charge is 0.481 e. The van der Waals surface area contributed by atoms with E-state index in [1.165, 1.54) is 0 Å². The van der Waals surface area contributed by atoms with Crippen molar-refractivity contribution in [2.75, 3.05) is 11.1 Å². The fourth-order valence-electron chi connectivity index (χ4n) is 2.89. The number of anilines is 1. The third-order valence-corrected chi connectivity index (χ3v) is 5.39. The number of aryl methyl sites for hydroxylation is 1. The number of carboxylic acid groups (broad SMARTS) is 1. The number of hydrogen-bond acceptors (Lipinski definition) is 4. The summed E-state index contributed by atoms with van der Waals surface area (Å²) in [5, 5.41) is 16.1. The lowest BCUT2D eigenvalue weighted by Gasteiger charge is -2.14. The molecule has 7 heteroatoms. The smallest absolute Gasteiger partial charge is 0.304 e. The highest BCUT2D eigenvalue weighted by Gasteiger charge is 2.16. The summed E-state index contributed by atoms with van der Waals surface area (Å²) in [6.07, 6.45) is 2.10.